The lowest BCUT2D eigenvalue weighted by Crippen LogP contribution is -2.50. The van der Waals surface area contributed by atoms with Crippen molar-refractivity contribution in [1.29, 1.82) is 0 Å². The molecule has 0 heterocycles. The zero-order chi connectivity index (χ0) is 33.8. The summed E-state index contributed by atoms with van der Waals surface area (Å²) in [5.41, 5.74) is -0.835. The highest BCUT2D eigenvalue weighted by Gasteiger charge is 2.73. The first-order chi connectivity index (χ1) is 21.9. The van der Waals surface area contributed by atoms with E-state index in [0.29, 0.717) is 51.7 Å². The van der Waals surface area contributed by atoms with Crippen LogP contribution in [0.25, 0.3) is 0 Å². The summed E-state index contributed by atoms with van der Waals surface area (Å²) in [6.07, 6.45) is 3.15. The van der Waals surface area contributed by atoms with Gasteiger partial charge >= 0.3 is 5.97 Å². The second kappa shape index (κ2) is 11.6. The lowest BCUT2D eigenvalue weighted by atomic mass is 9.49. The number of carbonyl (C=O) groups excluding carboxylic acids is 1. The molecule has 4 saturated carbocycles. The molecule has 0 spiro atoms. The second-order valence-corrected chi connectivity index (χ2v) is 21.1. The molecular weight excluding hydrogens is 703 g/mol. The van der Waals surface area contributed by atoms with Gasteiger partial charge in [-0.3, -0.25) is 4.79 Å². The van der Waals surface area contributed by atoms with Gasteiger partial charge in [0, 0.05) is 21.1 Å². The highest BCUT2D eigenvalue weighted by Crippen LogP contribution is 3.01. The summed E-state index contributed by atoms with van der Waals surface area (Å²) in [5.74, 6) is 0.301. The molecule has 3 aromatic carbocycles. The lowest BCUT2D eigenvalue weighted by Gasteiger charge is -2.55. The molecule has 7 rings (SSSR count). The van der Waals surface area contributed by atoms with Crippen molar-refractivity contribution >= 4 is 48.2 Å². The molecule has 4 aliphatic carbocycles. The molecule has 0 aliphatic heterocycles. The Morgan fingerprint density at radius 1 is 0.745 bits per heavy atom. The van der Waals surface area contributed by atoms with Gasteiger partial charge in [0.15, 0.2) is 4.71 Å². The van der Waals surface area contributed by atoms with Gasteiger partial charge in [-0.05, 0) is 103 Å². The molecule has 0 aromatic heterocycles. The van der Waals surface area contributed by atoms with Crippen molar-refractivity contribution < 1.29 is 41.0 Å². The third kappa shape index (κ3) is 6.92. The Balaban J connectivity index is 1.32. The monoisotopic (exact) mass is 738 g/mol. The van der Waals surface area contributed by atoms with E-state index < -0.39 is 65.0 Å². The summed E-state index contributed by atoms with van der Waals surface area (Å²) in [4.78, 5) is 14.1. The Kier molecular flexibility index (Phi) is 8.55. The van der Waals surface area contributed by atoms with Crippen LogP contribution in [-0.4, -0.2) is 31.0 Å². The molecule has 2 atom stereocenters. The van der Waals surface area contributed by atoms with E-state index >= 15 is 0 Å². The molecule has 258 valence electrons. The summed E-state index contributed by atoms with van der Waals surface area (Å²) >= 11 is 6.03. The highest BCUT2D eigenvalue weighted by molar-refractivity contribution is 8.46. The first-order valence-electron chi connectivity index (χ1n) is 15.4. The normalized spacial score (nSPS) is 27.3. The smallest absolute Gasteiger partial charge is 0.312 e. The van der Waals surface area contributed by atoms with Crippen molar-refractivity contribution in [2.75, 3.05) is 6.61 Å². The van der Waals surface area contributed by atoms with Crippen molar-refractivity contribution in [2.24, 2.45) is 23.2 Å². The zero-order valence-corrected chi connectivity index (χ0v) is 28.4. The Hall–Kier alpha value is -2.32. The minimum atomic E-state index is -10.6. The Morgan fingerprint density at radius 3 is 1.49 bits per heavy atom. The van der Waals surface area contributed by atoms with Crippen LogP contribution >= 0.6 is 32.1 Å². The lowest BCUT2D eigenvalue weighted by molar-refractivity contribution is -0.171. The SMILES string of the molecule is O=C(OCCC(C(Cl)S(=O)(=O)OS(c1ccccc1)(c1ccccc1)c1ccccc1)S(F)(F)(F)(F)F)C12CC3CC(CC(C3)C1)C2. The number of carbonyl (C=O) groups is 1. The van der Waals surface area contributed by atoms with E-state index in [2.05, 4.69) is 0 Å². The number of alkyl halides is 1. The van der Waals surface area contributed by atoms with Crippen LogP contribution < -0.4 is 0 Å². The van der Waals surface area contributed by atoms with Crippen LogP contribution in [0.3, 0.4) is 0 Å². The number of ether oxygens (including phenoxy) is 1. The number of hydrogen-bond donors (Lipinski definition) is 0. The number of halogens is 6. The van der Waals surface area contributed by atoms with Crippen LogP contribution in [0.2, 0.25) is 0 Å². The summed E-state index contributed by atoms with van der Waals surface area (Å²) < 4.78 is 109. The van der Waals surface area contributed by atoms with Gasteiger partial charge in [-0.15, -0.1) is 11.6 Å². The van der Waals surface area contributed by atoms with Crippen LogP contribution in [0.1, 0.15) is 44.9 Å². The van der Waals surface area contributed by atoms with Gasteiger partial charge in [0.2, 0.25) is 0 Å². The minimum absolute atomic E-state index is 0.290. The molecule has 2 unspecified atom stereocenters. The topological polar surface area (TPSA) is 69.7 Å². The fourth-order valence-electron chi connectivity index (χ4n) is 8.07. The predicted molar refractivity (Wildman–Crippen MR) is 174 cm³/mol. The molecule has 47 heavy (non-hydrogen) atoms. The molecular formula is C33H36ClF5O5S3. The standard InChI is InChI=1S/C33H36ClF5O5S3/c34-31(30(47(35,36,37,38)39)16-17-43-32(40)33-21-24-18-25(22-33)20-26(19-24)23-33)46(41,42)44-45(27-10-4-1-5-11-27,28-12-6-2-7-13-28)29-14-8-3-9-15-29/h1-15,24-26,30-31H,16-23H2. The molecule has 0 amide bonds. The average molecular weight is 739 g/mol. The van der Waals surface area contributed by atoms with Crippen molar-refractivity contribution in [2.45, 2.75) is 69.6 Å². The van der Waals surface area contributed by atoms with Crippen LogP contribution in [0.5, 0.6) is 0 Å². The maximum Gasteiger partial charge on any atom is 0.312 e. The summed E-state index contributed by atoms with van der Waals surface area (Å²) in [6.45, 7) is -1.07. The number of benzene rings is 3. The molecule has 14 heteroatoms. The molecule has 5 nitrogen and oxygen atoms in total. The maximum absolute atomic E-state index is 14.7. The number of hydrogen-bond acceptors (Lipinski definition) is 5. The Labute approximate surface area is 278 Å². The van der Waals surface area contributed by atoms with E-state index in [1.807, 2.05) is 0 Å². The second-order valence-electron chi connectivity index (χ2n) is 13.1. The van der Waals surface area contributed by atoms with E-state index in [4.69, 9.17) is 20.0 Å². The van der Waals surface area contributed by atoms with Gasteiger partial charge in [0.05, 0.1) is 12.0 Å². The van der Waals surface area contributed by atoms with Gasteiger partial charge < -0.3 is 4.74 Å². The first-order valence-corrected chi connectivity index (χ1v) is 20.9. The summed E-state index contributed by atoms with van der Waals surface area (Å²) in [6, 6.07) is 23.9. The molecule has 0 saturated heterocycles. The molecule has 4 fully saturated rings. The van der Waals surface area contributed by atoms with Crippen molar-refractivity contribution in [3.05, 3.63) is 91.0 Å². The van der Waals surface area contributed by atoms with Gasteiger partial charge in [-0.2, -0.15) is 8.42 Å². The van der Waals surface area contributed by atoms with E-state index in [0.717, 1.165) is 19.3 Å². The van der Waals surface area contributed by atoms with E-state index in [1.165, 1.54) is 0 Å². The van der Waals surface area contributed by atoms with Crippen molar-refractivity contribution in [1.82, 2.24) is 0 Å². The zero-order valence-electron chi connectivity index (χ0n) is 25.2. The highest BCUT2D eigenvalue weighted by atomic mass is 35.5. The predicted octanol–water partition coefficient (Wildman–Crippen LogP) is 10.6. The third-order valence-corrected chi connectivity index (χ3v) is 17.9. The van der Waals surface area contributed by atoms with Crippen molar-refractivity contribution in [3.8, 4) is 0 Å². The van der Waals surface area contributed by atoms with Crippen LogP contribution in [0.15, 0.2) is 106 Å². The average Bonchev–Trinajstić information content (AvgIpc) is 3.01. The van der Waals surface area contributed by atoms with Crippen LogP contribution in [0.4, 0.5) is 19.4 Å². The van der Waals surface area contributed by atoms with E-state index in [-0.39, 0.29) is 0 Å². The largest absolute Gasteiger partial charge is 0.465 e. The fourth-order valence-corrected chi connectivity index (χ4v) is 16.4. The Bertz CT molecular complexity index is 1580. The molecule has 0 N–H and O–H groups in total. The van der Waals surface area contributed by atoms with Gasteiger partial charge in [-0.25, -0.2) is 3.63 Å². The van der Waals surface area contributed by atoms with Gasteiger partial charge in [-0.1, -0.05) is 74.0 Å². The summed E-state index contributed by atoms with van der Waals surface area (Å²) in [5, 5.41) is -3.86. The third-order valence-electron chi connectivity index (χ3n) is 9.67. The number of rotatable bonds is 12. The maximum atomic E-state index is 14.7. The van der Waals surface area contributed by atoms with Gasteiger partial charge in [0.25, 0.3) is 20.3 Å². The number of esters is 1. The fraction of sp³-hybridized carbons (Fsp3) is 0.424. The minimum Gasteiger partial charge on any atom is -0.465 e. The van der Waals surface area contributed by atoms with E-state index in [1.54, 1.807) is 91.0 Å². The van der Waals surface area contributed by atoms with Crippen LogP contribution in [-0.2, 0) is 23.3 Å². The van der Waals surface area contributed by atoms with E-state index in [9.17, 15) is 32.6 Å². The molecule has 0 radical (unpaired) electrons. The van der Waals surface area contributed by atoms with Crippen molar-refractivity contribution in [3.63, 3.8) is 0 Å². The molecule has 4 aliphatic rings. The Morgan fingerprint density at radius 2 is 1.13 bits per heavy atom. The quantitative estimate of drug-likeness (QED) is 0.105. The van der Waals surface area contributed by atoms with Gasteiger partial charge in [0.1, 0.15) is 5.25 Å². The van der Waals surface area contributed by atoms with Crippen LogP contribution in [0, 0.1) is 23.2 Å². The molecule has 4 bridgehead atoms. The first kappa shape index (κ1) is 34.5. The molecule has 3 aromatic rings. The summed E-state index contributed by atoms with van der Waals surface area (Å²) in [7, 11) is -19.6.